The maximum atomic E-state index is 8.93. The molecule has 1 aromatic carbocycles. The van der Waals surface area contributed by atoms with E-state index in [1.54, 1.807) is 0 Å². The fourth-order valence-electron chi connectivity index (χ4n) is 2.03. The number of hydrogen-bond acceptors (Lipinski definition) is 1. The molecule has 0 saturated carbocycles. The van der Waals surface area contributed by atoms with Gasteiger partial charge in [-0.15, -0.1) is 0 Å². The molecule has 1 aliphatic carbocycles. The molecule has 0 spiro atoms. The Morgan fingerprint density at radius 3 is 2.92 bits per heavy atom. The van der Waals surface area contributed by atoms with Crippen molar-refractivity contribution in [2.45, 2.75) is 25.2 Å². The molecule has 0 fully saturated rings. The summed E-state index contributed by atoms with van der Waals surface area (Å²) in [4.78, 5) is 0. The molecule has 0 radical (unpaired) electrons. The Bertz CT molecular complexity index is 378. The first-order valence-corrected chi connectivity index (χ1v) is 4.79. The fraction of sp³-hybridized carbons (Fsp3) is 0.364. The first kappa shape index (κ1) is 8.59. The Labute approximate surface area is 82.9 Å². The number of nitrogens with zero attached hydrogens (tertiary/aromatic N) is 1. The highest BCUT2D eigenvalue weighted by Gasteiger charge is 2.27. The van der Waals surface area contributed by atoms with Gasteiger partial charge in [-0.1, -0.05) is 24.6 Å². The van der Waals surface area contributed by atoms with Crippen LogP contribution in [-0.2, 0) is 0 Å². The van der Waals surface area contributed by atoms with Crippen LogP contribution in [0.2, 0.25) is 5.02 Å². The molecule has 2 unspecified atom stereocenters. The molecule has 0 bridgehead atoms. The van der Waals surface area contributed by atoms with Gasteiger partial charge in [0.25, 0.3) is 0 Å². The van der Waals surface area contributed by atoms with Gasteiger partial charge in [0, 0.05) is 5.02 Å². The van der Waals surface area contributed by atoms with Gasteiger partial charge in [0.05, 0.1) is 12.0 Å². The van der Waals surface area contributed by atoms with Crippen molar-refractivity contribution in [2.24, 2.45) is 0 Å². The SMILES string of the molecule is CC1CC(C#N)c2cc(Cl)ccc21. The van der Waals surface area contributed by atoms with Gasteiger partial charge in [-0.05, 0) is 35.6 Å². The summed E-state index contributed by atoms with van der Waals surface area (Å²) in [7, 11) is 0. The molecular weight excluding hydrogens is 182 g/mol. The zero-order valence-corrected chi connectivity index (χ0v) is 8.17. The lowest BCUT2D eigenvalue weighted by Crippen LogP contribution is -1.87. The molecule has 2 rings (SSSR count). The fourth-order valence-corrected chi connectivity index (χ4v) is 2.21. The van der Waals surface area contributed by atoms with E-state index in [0.29, 0.717) is 5.92 Å². The van der Waals surface area contributed by atoms with Crippen molar-refractivity contribution in [1.29, 1.82) is 5.26 Å². The lowest BCUT2D eigenvalue weighted by atomic mass is 10.0. The van der Waals surface area contributed by atoms with Crippen LogP contribution in [0.4, 0.5) is 0 Å². The average molecular weight is 192 g/mol. The number of fused-ring (bicyclic) bond motifs is 1. The van der Waals surface area contributed by atoms with Crippen LogP contribution in [0.3, 0.4) is 0 Å². The molecule has 1 aliphatic rings. The van der Waals surface area contributed by atoms with Crippen molar-refractivity contribution in [3.05, 3.63) is 34.3 Å². The Kier molecular flexibility index (Phi) is 2.01. The summed E-state index contributed by atoms with van der Waals surface area (Å²) in [5.41, 5.74) is 2.42. The number of nitriles is 1. The largest absolute Gasteiger partial charge is 0.198 e. The van der Waals surface area contributed by atoms with Gasteiger partial charge >= 0.3 is 0 Å². The van der Waals surface area contributed by atoms with Crippen LogP contribution in [0, 0.1) is 11.3 Å². The Morgan fingerprint density at radius 2 is 2.23 bits per heavy atom. The highest BCUT2D eigenvalue weighted by Crippen LogP contribution is 2.41. The van der Waals surface area contributed by atoms with Crippen LogP contribution in [0.15, 0.2) is 18.2 Å². The second kappa shape index (κ2) is 3.05. The first-order chi connectivity index (χ1) is 6.22. The van der Waals surface area contributed by atoms with Crippen LogP contribution >= 0.6 is 11.6 Å². The third kappa shape index (κ3) is 1.32. The van der Waals surface area contributed by atoms with Crippen molar-refractivity contribution < 1.29 is 0 Å². The lowest BCUT2D eigenvalue weighted by molar-refractivity contribution is 0.706. The molecule has 0 amide bonds. The number of benzene rings is 1. The van der Waals surface area contributed by atoms with Gasteiger partial charge in [0.2, 0.25) is 0 Å². The van der Waals surface area contributed by atoms with Crippen molar-refractivity contribution >= 4 is 11.6 Å². The first-order valence-electron chi connectivity index (χ1n) is 4.41. The molecule has 2 heteroatoms. The van der Waals surface area contributed by atoms with Crippen LogP contribution in [0.5, 0.6) is 0 Å². The molecule has 0 saturated heterocycles. The monoisotopic (exact) mass is 191 g/mol. The van der Waals surface area contributed by atoms with Crippen molar-refractivity contribution in [3.63, 3.8) is 0 Å². The summed E-state index contributed by atoms with van der Waals surface area (Å²) in [6.07, 6.45) is 0.937. The lowest BCUT2D eigenvalue weighted by Gasteiger charge is -2.03. The van der Waals surface area contributed by atoms with E-state index >= 15 is 0 Å². The van der Waals surface area contributed by atoms with Crippen molar-refractivity contribution in [3.8, 4) is 6.07 Å². The maximum absolute atomic E-state index is 8.93. The zero-order chi connectivity index (χ0) is 9.42. The van der Waals surface area contributed by atoms with Gasteiger partial charge < -0.3 is 0 Å². The molecule has 0 heterocycles. The topological polar surface area (TPSA) is 23.8 Å². The van der Waals surface area contributed by atoms with Crippen molar-refractivity contribution in [1.82, 2.24) is 0 Å². The maximum Gasteiger partial charge on any atom is 0.0721 e. The molecular formula is C11H10ClN. The zero-order valence-electron chi connectivity index (χ0n) is 7.42. The highest BCUT2D eigenvalue weighted by molar-refractivity contribution is 6.30. The number of halogens is 1. The highest BCUT2D eigenvalue weighted by atomic mass is 35.5. The normalized spacial score (nSPS) is 25.3. The molecule has 0 aromatic heterocycles. The van der Waals surface area contributed by atoms with Crippen LogP contribution in [0.25, 0.3) is 0 Å². The van der Waals surface area contributed by atoms with Crippen LogP contribution in [0.1, 0.15) is 36.3 Å². The molecule has 2 atom stereocenters. The average Bonchev–Trinajstić information content (AvgIpc) is 2.42. The van der Waals surface area contributed by atoms with Gasteiger partial charge in [0.15, 0.2) is 0 Å². The molecule has 66 valence electrons. The minimum atomic E-state index is 0.0451. The molecule has 1 nitrogen and oxygen atoms in total. The summed E-state index contributed by atoms with van der Waals surface area (Å²) in [5, 5.41) is 9.66. The predicted octanol–water partition coefficient (Wildman–Crippen LogP) is 3.45. The molecule has 0 N–H and O–H groups in total. The Balaban J connectivity index is 2.54. The number of rotatable bonds is 0. The number of hydrogen-bond donors (Lipinski definition) is 0. The second-order valence-corrected chi connectivity index (χ2v) is 4.03. The van der Waals surface area contributed by atoms with Gasteiger partial charge in [0.1, 0.15) is 0 Å². The molecule has 13 heavy (non-hydrogen) atoms. The summed E-state index contributed by atoms with van der Waals surface area (Å²) >= 11 is 5.88. The second-order valence-electron chi connectivity index (χ2n) is 3.59. The van der Waals surface area contributed by atoms with Gasteiger partial charge in [-0.2, -0.15) is 5.26 Å². The summed E-state index contributed by atoms with van der Waals surface area (Å²) in [6.45, 7) is 2.16. The van der Waals surface area contributed by atoms with E-state index in [1.807, 2.05) is 18.2 Å². The third-order valence-corrected chi connectivity index (χ3v) is 2.94. The van der Waals surface area contributed by atoms with E-state index in [-0.39, 0.29) is 5.92 Å². The van der Waals surface area contributed by atoms with Crippen LogP contribution in [-0.4, -0.2) is 0 Å². The van der Waals surface area contributed by atoms with E-state index in [1.165, 1.54) is 5.56 Å². The third-order valence-electron chi connectivity index (χ3n) is 2.70. The molecule has 1 aromatic rings. The summed E-state index contributed by atoms with van der Waals surface area (Å²) < 4.78 is 0. The van der Waals surface area contributed by atoms with Crippen LogP contribution < -0.4 is 0 Å². The smallest absolute Gasteiger partial charge is 0.0721 e. The Hall–Kier alpha value is -1.00. The van der Waals surface area contributed by atoms with E-state index in [0.717, 1.165) is 17.0 Å². The van der Waals surface area contributed by atoms with Gasteiger partial charge in [-0.25, -0.2) is 0 Å². The van der Waals surface area contributed by atoms with E-state index in [9.17, 15) is 0 Å². The quantitative estimate of drug-likeness (QED) is 0.616. The predicted molar refractivity (Wildman–Crippen MR) is 52.8 cm³/mol. The van der Waals surface area contributed by atoms with Crippen molar-refractivity contribution in [2.75, 3.05) is 0 Å². The van der Waals surface area contributed by atoms with E-state index < -0.39 is 0 Å². The summed E-state index contributed by atoms with van der Waals surface area (Å²) in [6, 6.07) is 8.18. The summed E-state index contributed by atoms with van der Waals surface area (Å²) in [5.74, 6) is 0.542. The van der Waals surface area contributed by atoms with E-state index in [2.05, 4.69) is 13.0 Å². The minimum absolute atomic E-state index is 0.0451. The molecule has 0 aliphatic heterocycles. The standard InChI is InChI=1S/C11H10ClN/c1-7-4-8(6-13)11-5-9(12)2-3-10(7)11/h2-3,5,7-8H,4H2,1H3. The van der Waals surface area contributed by atoms with Gasteiger partial charge in [-0.3, -0.25) is 0 Å². The minimum Gasteiger partial charge on any atom is -0.198 e. The Morgan fingerprint density at radius 1 is 1.46 bits per heavy atom. The van der Waals surface area contributed by atoms with E-state index in [4.69, 9.17) is 16.9 Å².